The summed E-state index contributed by atoms with van der Waals surface area (Å²) in [4.78, 5) is 12.0. The SMILES string of the molecule is CC(C#CC(=O)O)CN(C)C. The standard InChI is InChI=1S/C8H13NO2/c1-7(6-9(2)3)4-5-8(10)11/h7H,6H2,1-3H3,(H,10,11). The molecule has 0 saturated carbocycles. The van der Waals surface area contributed by atoms with Crippen LogP contribution >= 0.6 is 0 Å². The van der Waals surface area contributed by atoms with Gasteiger partial charge in [0, 0.05) is 18.4 Å². The molecule has 0 heterocycles. The Balaban J connectivity index is 3.80. The molecular formula is C8H13NO2. The van der Waals surface area contributed by atoms with Gasteiger partial charge in [-0.3, -0.25) is 0 Å². The molecule has 11 heavy (non-hydrogen) atoms. The number of rotatable bonds is 2. The van der Waals surface area contributed by atoms with Crippen molar-refractivity contribution in [2.75, 3.05) is 20.6 Å². The van der Waals surface area contributed by atoms with Crippen LogP contribution in [0.3, 0.4) is 0 Å². The minimum Gasteiger partial charge on any atom is -0.472 e. The Morgan fingerprint density at radius 3 is 2.55 bits per heavy atom. The van der Waals surface area contributed by atoms with E-state index in [1.165, 1.54) is 0 Å². The van der Waals surface area contributed by atoms with Gasteiger partial charge in [-0.25, -0.2) is 4.79 Å². The van der Waals surface area contributed by atoms with Crippen LogP contribution in [-0.2, 0) is 4.79 Å². The van der Waals surface area contributed by atoms with E-state index in [9.17, 15) is 4.79 Å². The van der Waals surface area contributed by atoms with Gasteiger partial charge in [-0.05, 0) is 14.1 Å². The summed E-state index contributed by atoms with van der Waals surface area (Å²) in [7, 11) is 3.86. The Morgan fingerprint density at radius 1 is 1.64 bits per heavy atom. The smallest absolute Gasteiger partial charge is 0.381 e. The summed E-state index contributed by atoms with van der Waals surface area (Å²) >= 11 is 0. The van der Waals surface area contributed by atoms with Crippen molar-refractivity contribution in [3.63, 3.8) is 0 Å². The highest BCUT2D eigenvalue weighted by Crippen LogP contribution is 1.92. The Kier molecular flexibility index (Phi) is 4.32. The highest BCUT2D eigenvalue weighted by molar-refractivity contribution is 5.86. The van der Waals surface area contributed by atoms with Gasteiger partial charge in [0.25, 0.3) is 0 Å². The molecule has 0 rings (SSSR count). The third-order valence-electron chi connectivity index (χ3n) is 1.06. The van der Waals surface area contributed by atoms with Crippen LogP contribution in [0.15, 0.2) is 0 Å². The minimum absolute atomic E-state index is 0.112. The van der Waals surface area contributed by atoms with Gasteiger partial charge in [-0.1, -0.05) is 12.8 Å². The number of hydrogen-bond acceptors (Lipinski definition) is 2. The van der Waals surface area contributed by atoms with Gasteiger partial charge in [0.1, 0.15) is 0 Å². The molecule has 0 aromatic rings. The summed E-state index contributed by atoms with van der Waals surface area (Å²) in [6.45, 7) is 2.69. The van der Waals surface area contributed by atoms with E-state index in [0.29, 0.717) is 0 Å². The third-order valence-corrected chi connectivity index (χ3v) is 1.06. The summed E-state index contributed by atoms with van der Waals surface area (Å²) in [6, 6.07) is 0. The third kappa shape index (κ3) is 6.88. The quantitative estimate of drug-likeness (QED) is 0.582. The molecule has 0 aliphatic heterocycles. The average molecular weight is 155 g/mol. The lowest BCUT2D eigenvalue weighted by Crippen LogP contribution is -2.18. The van der Waals surface area contributed by atoms with Crippen molar-refractivity contribution in [2.45, 2.75) is 6.92 Å². The molecule has 3 heteroatoms. The molecule has 1 N–H and O–H groups in total. The molecule has 62 valence electrons. The number of carboxylic acids is 1. The predicted molar refractivity (Wildman–Crippen MR) is 43.1 cm³/mol. The molecule has 0 amide bonds. The Morgan fingerprint density at radius 2 is 2.18 bits per heavy atom. The number of hydrogen-bond donors (Lipinski definition) is 1. The first-order valence-corrected chi connectivity index (χ1v) is 3.41. The zero-order chi connectivity index (χ0) is 8.85. The number of aliphatic carboxylic acids is 1. The van der Waals surface area contributed by atoms with E-state index in [0.717, 1.165) is 6.54 Å². The summed E-state index contributed by atoms with van der Waals surface area (Å²) in [5.41, 5.74) is 0. The molecular weight excluding hydrogens is 142 g/mol. The van der Waals surface area contributed by atoms with Crippen LogP contribution in [0.4, 0.5) is 0 Å². The van der Waals surface area contributed by atoms with E-state index in [1.54, 1.807) is 0 Å². The van der Waals surface area contributed by atoms with E-state index in [4.69, 9.17) is 5.11 Å². The maximum Gasteiger partial charge on any atom is 0.381 e. The first kappa shape index (κ1) is 9.99. The van der Waals surface area contributed by atoms with E-state index >= 15 is 0 Å². The van der Waals surface area contributed by atoms with Crippen LogP contribution in [0.25, 0.3) is 0 Å². The minimum atomic E-state index is -1.06. The van der Waals surface area contributed by atoms with Crippen LogP contribution < -0.4 is 0 Å². The fourth-order valence-corrected chi connectivity index (χ4v) is 0.778. The van der Waals surface area contributed by atoms with Crippen molar-refractivity contribution in [1.29, 1.82) is 0 Å². The molecule has 1 unspecified atom stereocenters. The van der Waals surface area contributed by atoms with Crippen LogP contribution in [0, 0.1) is 17.8 Å². The van der Waals surface area contributed by atoms with E-state index < -0.39 is 5.97 Å². The lowest BCUT2D eigenvalue weighted by atomic mass is 10.2. The molecule has 0 saturated heterocycles. The second-order valence-electron chi connectivity index (χ2n) is 2.74. The van der Waals surface area contributed by atoms with Gasteiger partial charge < -0.3 is 10.0 Å². The fraction of sp³-hybridized carbons (Fsp3) is 0.625. The van der Waals surface area contributed by atoms with Crippen LogP contribution in [-0.4, -0.2) is 36.6 Å². The van der Waals surface area contributed by atoms with Crippen LogP contribution in [0.5, 0.6) is 0 Å². The molecule has 0 aromatic heterocycles. The summed E-state index contributed by atoms with van der Waals surface area (Å²) in [5, 5.41) is 8.21. The lowest BCUT2D eigenvalue weighted by Gasteiger charge is -2.10. The topological polar surface area (TPSA) is 40.5 Å². The van der Waals surface area contributed by atoms with Gasteiger partial charge in [-0.2, -0.15) is 0 Å². The van der Waals surface area contributed by atoms with Gasteiger partial charge in [0.15, 0.2) is 0 Å². The van der Waals surface area contributed by atoms with Gasteiger partial charge in [-0.15, -0.1) is 0 Å². The van der Waals surface area contributed by atoms with E-state index in [-0.39, 0.29) is 5.92 Å². The number of carboxylic acid groups (broad SMARTS) is 1. The Labute approximate surface area is 67.0 Å². The zero-order valence-corrected chi connectivity index (χ0v) is 7.09. The van der Waals surface area contributed by atoms with Crippen molar-refractivity contribution < 1.29 is 9.90 Å². The predicted octanol–water partition coefficient (Wildman–Crippen LogP) is 0.272. The van der Waals surface area contributed by atoms with Crippen molar-refractivity contribution in [3.05, 3.63) is 0 Å². The first-order valence-electron chi connectivity index (χ1n) is 3.41. The highest BCUT2D eigenvalue weighted by Gasteiger charge is 1.98. The molecule has 0 radical (unpaired) electrons. The largest absolute Gasteiger partial charge is 0.472 e. The molecule has 0 aromatic carbocycles. The fourth-order valence-electron chi connectivity index (χ4n) is 0.778. The first-order chi connectivity index (χ1) is 5.02. The summed E-state index contributed by atoms with van der Waals surface area (Å²) < 4.78 is 0. The van der Waals surface area contributed by atoms with Crippen molar-refractivity contribution in [3.8, 4) is 11.8 Å². The lowest BCUT2D eigenvalue weighted by molar-refractivity contribution is -0.130. The van der Waals surface area contributed by atoms with Gasteiger partial charge in [0.2, 0.25) is 0 Å². The van der Waals surface area contributed by atoms with Crippen molar-refractivity contribution in [2.24, 2.45) is 5.92 Å². The molecule has 0 aliphatic rings. The Bertz CT molecular complexity index is 188. The second-order valence-corrected chi connectivity index (χ2v) is 2.74. The second kappa shape index (κ2) is 4.75. The van der Waals surface area contributed by atoms with E-state index in [1.807, 2.05) is 25.9 Å². The van der Waals surface area contributed by atoms with Crippen molar-refractivity contribution in [1.82, 2.24) is 4.90 Å². The molecule has 0 fully saturated rings. The number of nitrogens with zero attached hydrogens (tertiary/aromatic N) is 1. The maximum absolute atomic E-state index is 10.0. The molecule has 0 spiro atoms. The van der Waals surface area contributed by atoms with Gasteiger partial charge in [0.05, 0.1) is 0 Å². The average Bonchev–Trinajstić information content (AvgIpc) is 1.82. The van der Waals surface area contributed by atoms with Crippen molar-refractivity contribution >= 4 is 5.97 Å². The maximum atomic E-state index is 10.0. The van der Waals surface area contributed by atoms with Crippen LogP contribution in [0.2, 0.25) is 0 Å². The Hall–Kier alpha value is -1.01. The normalized spacial score (nSPS) is 12.0. The molecule has 3 nitrogen and oxygen atoms in total. The molecule has 1 atom stereocenters. The highest BCUT2D eigenvalue weighted by atomic mass is 16.4. The van der Waals surface area contributed by atoms with Gasteiger partial charge >= 0.3 is 5.97 Å². The molecule has 0 bridgehead atoms. The summed E-state index contributed by atoms with van der Waals surface area (Å²) in [5.74, 6) is 3.77. The zero-order valence-electron chi connectivity index (χ0n) is 7.09. The van der Waals surface area contributed by atoms with Crippen LogP contribution in [0.1, 0.15) is 6.92 Å². The monoisotopic (exact) mass is 155 g/mol. The molecule has 0 aliphatic carbocycles. The summed E-state index contributed by atoms with van der Waals surface area (Å²) in [6.07, 6.45) is 0. The number of carbonyl (C=O) groups is 1. The van der Waals surface area contributed by atoms with E-state index in [2.05, 4.69) is 11.8 Å².